The Morgan fingerprint density at radius 3 is 2.62 bits per heavy atom. The van der Waals surface area contributed by atoms with Gasteiger partial charge in [-0.25, -0.2) is 0 Å². The second-order valence-corrected chi connectivity index (χ2v) is 4.79. The lowest BCUT2D eigenvalue weighted by Crippen LogP contribution is -2.33. The minimum absolute atomic E-state index is 0.120. The molecule has 2 heteroatoms. The third kappa shape index (κ3) is 1.59. The number of nitrogens with one attached hydrogen (secondary N) is 1. The second kappa shape index (κ2) is 3.32. The average Bonchev–Trinajstić information content (AvgIpc) is 2.61. The predicted molar refractivity (Wildman–Crippen MR) is 52.2 cm³/mol. The zero-order valence-electron chi connectivity index (χ0n) is 8.55. The third-order valence-electron chi connectivity index (χ3n) is 4.12. The molecule has 2 saturated carbocycles. The molecule has 1 N–H and O–H groups in total. The van der Waals surface area contributed by atoms with Crippen molar-refractivity contribution < 1.29 is 4.79 Å². The zero-order valence-corrected chi connectivity index (χ0v) is 8.55. The molecule has 4 atom stereocenters. The summed E-state index contributed by atoms with van der Waals surface area (Å²) < 4.78 is 0. The molecule has 2 aliphatic rings. The fraction of sp³-hybridized carbons (Fsp3) is 0.909. The monoisotopic (exact) mass is 181 g/mol. The molecule has 2 aliphatic carbocycles. The van der Waals surface area contributed by atoms with Crippen LogP contribution in [-0.2, 0) is 4.79 Å². The number of fused-ring (bicyclic) bond motifs is 2. The maximum absolute atomic E-state index is 10.8. The lowest BCUT2D eigenvalue weighted by atomic mass is 9.80. The van der Waals surface area contributed by atoms with E-state index in [4.69, 9.17) is 0 Å². The van der Waals surface area contributed by atoms with Crippen LogP contribution >= 0.6 is 0 Å². The van der Waals surface area contributed by atoms with Gasteiger partial charge in [-0.05, 0) is 42.9 Å². The van der Waals surface area contributed by atoms with Gasteiger partial charge in [-0.3, -0.25) is 4.79 Å². The quantitative estimate of drug-likeness (QED) is 0.691. The van der Waals surface area contributed by atoms with Gasteiger partial charge in [0.2, 0.25) is 5.91 Å². The fourth-order valence-electron chi connectivity index (χ4n) is 3.31. The van der Waals surface area contributed by atoms with Crippen molar-refractivity contribution in [3.63, 3.8) is 0 Å². The highest BCUT2D eigenvalue weighted by Gasteiger charge is 2.44. The van der Waals surface area contributed by atoms with E-state index in [2.05, 4.69) is 12.2 Å². The van der Waals surface area contributed by atoms with E-state index in [-0.39, 0.29) is 5.91 Å². The topological polar surface area (TPSA) is 29.1 Å². The standard InChI is InChI=1S/C11H19NO/c1-7-9-3-4-10(5-9)11(7)6-12-8(2)13/h7,9-11H,3-6H2,1-2H3,(H,12,13). The van der Waals surface area contributed by atoms with Gasteiger partial charge in [-0.2, -0.15) is 0 Å². The minimum Gasteiger partial charge on any atom is -0.356 e. The summed E-state index contributed by atoms with van der Waals surface area (Å²) in [5.41, 5.74) is 0. The number of hydrogen-bond acceptors (Lipinski definition) is 1. The SMILES string of the molecule is CC(=O)NCC1C2CCC(C2)C1C. The molecule has 0 aromatic heterocycles. The van der Waals surface area contributed by atoms with Gasteiger partial charge in [0.1, 0.15) is 0 Å². The Morgan fingerprint density at radius 2 is 2.08 bits per heavy atom. The number of amides is 1. The summed E-state index contributed by atoms with van der Waals surface area (Å²) >= 11 is 0. The number of carbonyl (C=O) groups excluding carboxylic acids is 1. The fourth-order valence-corrected chi connectivity index (χ4v) is 3.31. The summed E-state index contributed by atoms with van der Waals surface area (Å²) in [4.78, 5) is 10.8. The van der Waals surface area contributed by atoms with Crippen LogP contribution < -0.4 is 5.32 Å². The molecule has 0 aromatic rings. The Balaban J connectivity index is 1.89. The van der Waals surface area contributed by atoms with Crippen molar-refractivity contribution in [1.29, 1.82) is 0 Å². The van der Waals surface area contributed by atoms with Crippen molar-refractivity contribution in [1.82, 2.24) is 5.32 Å². The zero-order chi connectivity index (χ0) is 9.42. The Kier molecular flexibility index (Phi) is 2.31. The first-order valence-electron chi connectivity index (χ1n) is 5.43. The molecule has 4 unspecified atom stereocenters. The Bertz CT molecular complexity index is 212. The first kappa shape index (κ1) is 9.04. The summed E-state index contributed by atoms with van der Waals surface area (Å²) in [6.07, 6.45) is 4.26. The van der Waals surface area contributed by atoms with E-state index in [1.165, 1.54) is 19.3 Å². The molecule has 2 rings (SSSR count). The van der Waals surface area contributed by atoms with Crippen LogP contribution in [0.1, 0.15) is 33.1 Å². The molecule has 2 bridgehead atoms. The summed E-state index contributed by atoms with van der Waals surface area (Å²) in [6, 6.07) is 0. The minimum atomic E-state index is 0.120. The molecule has 0 aliphatic heterocycles. The van der Waals surface area contributed by atoms with Crippen LogP contribution in [0.2, 0.25) is 0 Å². The molecule has 13 heavy (non-hydrogen) atoms. The van der Waals surface area contributed by atoms with Gasteiger partial charge in [0.05, 0.1) is 0 Å². The van der Waals surface area contributed by atoms with Crippen LogP contribution in [0.4, 0.5) is 0 Å². The summed E-state index contributed by atoms with van der Waals surface area (Å²) in [5.74, 6) is 3.60. The van der Waals surface area contributed by atoms with E-state index in [9.17, 15) is 4.79 Å². The molecular weight excluding hydrogens is 162 g/mol. The van der Waals surface area contributed by atoms with E-state index in [1.807, 2.05) is 0 Å². The molecule has 0 saturated heterocycles. The van der Waals surface area contributed by atoms with Crippen molar-refractivity contribution in [2.75, 3.05) is 6.54 Å². The highest BCUT2D eigenvalue weighted by atomic mass is 16.1. The molecule has 0 heterocycles. The van der Waals surface area contributed by atoms with E-state index in [0.29, 0.717) is 0 Å². The van der Waals surface area contributed by atoms with E-state index in [0.717, 1.165) is 30.2 Å². The van der Waals surface area contributed by atoms with Gasteiger partial charge in [0.25, 0.3) is 0 Å². The van der Waals surface area contributed by atoms with Crippen molar-refractivity contribution in [2.45, 2.75) is 33.1 Å². The van der Waals surface area contributed by atoms with Gasteiger partial charge >= 0.3 is 0 Å². The smallest absolute Gasteiger partial charge is 0.216 e. The largest absolute Gasteiger partial charge is 0.356 e. The van der Waals surface area contributed by atoms with Crippen LogP contribution in [0.25, 0.3) is 0 Å². The number of rotatable bonds is 2. The van der Waals surface area contributed by atoms with Gasteiger partial charge in [0.15, 0.2) is 0 Å². The third-order valence-corrected chi connectivity index (χ3v) is 4.12. The Hall–Kier alpha value is -0.530. The molecule has 0 spiro atoms. The van der Waals surface area contributed by atoms with Crippen LogP contribution in [0, 0.1) is 23.7 Å². The van der Waals surface area contributed by atoms with E-state index < -0.39 is 0 Å². The van der Waals surface area contributed by atoms with Crippen molar-refractivity contribution in [2.24, 2.45) is 23.7 Å². The van der Waals surface area contributed by atoms with Gasteiger partial charge < -0.3 is 5.32 Å². The molecule has 2 nitrogen and oxygen atoms in total. The van der Waals surface area contributed by atoms with Crippen LogP contribution in [0.15, 0.2) is 0 Å². The Morgan fingerprint density at radius 1 is 1.38 bits per heavy atom. The molecule has 2 fully saturated rings. The molecule has 0 radical (unpaired) electrons. The van der Waals surface area contributed by atoms with Crippen molar-refractivity contribution >= 4 is 5.91 Å². The molecule has 74 valence electrons. The second-order valence-electron chi connectivity index (χ2n) is 4.79. The highest BCUT2D eigenvalue weighted by molar-refractivity contribution is 5.72. The van der Waals surface area contributed by atoms with E-state index in [1.54, 1.807) is 6.92 Å². The first-order chi connectivity index (χ1) is 6.18. The summed E-state index contributed by atoms with van der Waals surface area (Å²) in [7, 11) is 0. The molecular formula is C11H19NO. The van der Waals surface area contributed by atoms with Crippen LogP contribution in [0.3, 0.4) is 0 Å². The van der Waals surface area contributed by atoms with Gasteiger partial charge in [0, 0.05) is 13.5 Å². The lowest BCUT2D eigenvalue weighted by molar-refractivity contribution is -0.119. The van der Waals surface area contributed by atoms with Gasteiger partial charge in [-0.15, -0.1) is 0 Å². The lowest BCUT2D eigenvalue weighted by Gasteiger charge is -2.28. The maximum Gasteiger partial charge on any atom is 0.216 e. The first-order valence-corrected chi connectivity index (χ1v) is 5.43. The number of hydrogen-bond donors (Lipinski definition) is 1. The molecule has 0 aromatic carbocycles. The number of carbonyl (C=O) groups is 1. The summed E-state index contributed by atoms with van der Waals surface area (Å²) in [6.45, 7) is 4.88. The Labute approximate surface area is 80.1 Å². The van der Waals surface area contributed by atoms with Crippen molar-refractivity contribution in [3.05, 3.63) is 0 Å². The maximum atomic E-state index is 10.8. The summed E-state index contributed by atoms with van der Waals surface area (Å²) in [5, 5.41) is 2.96. The van der Waals surface area contributed by atoms with Crippen molar-refractivity contribution in [3.8, 4) is 0 Å². The molecule has 1 amide bonds. The predicted octanol–water partition coefficient (Wildman–Crippen LogP) is 1.80. The van der Waals surface area contributed by atoms with Crippen LogP contribution in [0.5, 0.6) is 0 Å². The van der Waals surface area contributed by atoms with Crippen LogP contribution in [-0.4, -0.2) is 12.5 Å². The van der Waals surface area contributed by atoms with Gasteiger partial charge in [-0.1, -0.05) is 6.92 Å². The normalized spacial score (nSPS) is 42.3. The highest BCUT2D eigenvalue weighted by Crippen LogP contribution is 2.51. The average molecular weight is 181 g/mol. The van der Waals surface area contributed by atoms with E-state index >= 15 is 0 Å².